The van der Waals surface area contributed by atoms with E-state index in [1.807, 2.05) is 6.07 Å². The number of rotatable bonds is 3. The van der Waals surface area contributed by atoms with Crippen LogP contribution in [-0.2, 0) is 16.0 Å². The summed E-state index contributed by atoms with van der Waals surface area (Å²) in [7, 11) is 0. The summed E-state index contributed by atoms with van der Waals surface area (Å²) in [5.41, 5.74) is 0.923. The molecule has 0 aliphatic carbocycles. The second-order valence-corrected chi connectivity index (χ2v) is 7.01. The summed E-state index contributed by atoms with van der Waals surface area (Å²) < 4.78 is 5.73. The van der Waals surface area contributed by atoms with Crippen molar-refractivity contribution in [1.82, 2.24) is 4.90 Å². The molecule has 3 rings (SSSR count). The van der Waals surface area contributed by atoms with Crippen molar-refractivity contribution in [3.8, 4) is 5.75 Å². The topological polar surface area (TPSA) is 66.8 Å². The second kappa shape index (κ2) is 6.38. The van der Waals surface area contributed by atoms with Crippen molar-refractivity contribution in [2.75, 3.05) is 18.1 Å². The van der Waals surface area contributed by atoms with E-state index < -0.39 is 12.1 Å². The van der Waals surface area contributed by atoms with Crippen LogP contribution in [0.5, 0.6) is 5.75 Å². The molecule has 0 saturated carbocycles. The summed E-state index contributed by atoms with van der Waals surface area (Å²) in [6.07, 6.45) is -0.115. The van der Waals surface area contributed by atoms with Crippen molar-refractivity contribution < 1.29 is 19.4 Å². The van der Waals surface area contributed by atoms with Gasteiger partial charge in [0.25, 0.3) is 5.91 Å². The van der Waals surface area contributed by atoms with Gasteiger partial charge in [-0.05, 0) is 23.8 Å². The molecule has 7 heteroatoms. The zero-order valence-corrected chi connectivity index (χ0v) is 13.4. The third-order valence-electron chi connectivity index (χ3n) is 3.89. The van der Waals surface area contributed by atoms with Gasteiger partial charge in [0.15, 0.2) is 6.10 Å². The molecule has 1 aromatic rings. The summed E-state index contributed by atoms with van der Waals surface area (Å²) in [6.45, 7) is 0.568. The number of nitrogens with zero attached hydrogens (tertiary/aromatic N) is 1. The number of carboxylic acid groups (broad SMARTS) is 1. The molecule has 1 saturated heterocycles. The Morgan fingerprint density at radius 2 is 2.27 bits per heavy atom. The van der Waals surface area contributed by atoms with Crippen molar-refractivity contribution in [3.05, 3.63) is 28.8 Å². The van der Waals surface area contributed by atoms with Crippen LogP contribution in [0.3, 0.4) is 0 Å². The van der Waals surface area contributed by atoms with E-state index >= 15 is 0 Å². The largest absolute Gasteiger partial charge is 0.481 e. The number of aliphatic carboxylic acids is 1. The van der Waals surface area contributed by atoms with Crippen molar-refractivity contribution >= 4 is 35.2 Å². The van der Waals surface area contributed by atoms with E-state index in [1.54, 1.807) is 28.8 Å². The van der Waals surface area contributed by atoms with Gasteiger partial charge < -0.3 is 14.7 Å². The van der Waals surface area contributed by atoms with Gasteiger partial charge in [-0.2, -0.15) is 11.8 Å². The third-order valence-corrected chi connectivity index (χ3v) is 5.22. The minimum atomic E-state index is -0.882. The molecule has 22 heavy (non-hydrogen) atoms. The second-order valence-electron chi connectivity index (χ2n) is 5.42. The zero-order chi connectivity index (χ0) is 15.7. The lowest BCUT2D eigenvalue weighted by Gasteiger charge is -2.35. The van der Waals surface area contributed by atoms with Gasteiger partial charge in [-0.1, -0.05) is 11.6 Å². The van der Waals surface area contributed by atoms with Gasteiger partial charge in [0.05, 0.1) is 12.5 Å². The quantitative estimate of drug-likeness (QED) is 0.911. The Balaban J connectivity index is 1.72. The monoisotopic (exact) mass is 341 g/mol. The average Bonchev–Trinajstić information content (AvgIpc) is 2.89. The Morgan fingerprint density at radius 1 is 1.45 bits per heavy atom. The number of fused-ring (bicyclic) bond motifs is 1. The number of benzene rings is 1. The molecule has 0 spiro atoms. The first-order chi connectivity index (χ1) is 10.5. The van der Waals surface area contributed by atoms with Crippen LogP contribution in [0.1, 0.15) is 12.0 Å². The molecule has 1 N–H and O–H groups in total. The summed E-state index contributed by atoms with van der Waals surface area (Å²) in [4.78, 5) is 25.4. The van der Waals surface area contributed by atoms with Crippen molar-refractivity contribution in [2.45, 2.75) is 25.0 Å². The molecule has 118 valence electrons. The molecule has 2 aliphatic heterocycles. The number of ether oxygens (including phenoxy) is 1. The lowest BCUT2D eigenvalue weighted by molar-refractivity contribution is -0.143. The lowest BCUT2D eigenvalue weighted by atomic mass is 10.1. The molecule has 1 amide bonds. The fourth-order valence-electron chi connectivity index (χ4n) is 2.86. The molecule has 0 bridgehead atoms. The number of amides is 1. The van der Waals surface area contributed by atoms with E-state index in [4.69, 9.17) is 21.4 Å². The standard InChI is InChI=1S/C15H16ClNO4S/c16-10-1-2-12-9(5-10)6-13(21-12)15(20)17-3-4-22-8-11(17)7-14(18)19/h1-2,5,11,13H,3-4,6-8H2,(H,18,19). The smallest absolute Gasteiger partial charge is 0.305 e. The number of carbonyl (C=O) groups is 2. The Morgan fingerprint density at radius 3 is 3.05 bits per heavy atom. The Hall–Kier alpha value is -1.40. The van der Waals surface area contributed by atoms with Gasteiger partial charge in [0.1, 0.15) is 5.75 Å². The van der Waals surface area contributed by atoms with Gasteiger partial charge in [0, 0.05) is 29.5 Å². The van der Waals surface area contributed by atoms with Gasteiger partial charge in [-0.25, -0.2) is 0 Å². The Bertz CT molecular complexity index is 609. The van der Waals surface area contributed by atoms with Crippen molar-refractivity contribution in [1.29, 1.82) is 0 Å². The SMILES string of the molecule is O=C(O)CC1CSCCN1C(=O)C1Cc2cc(Cl)ccc2O1. The molecule has 0 aromatic heterocycles. The average molecular weight is 342 g/mol. The normalized spacial score (nSPS) is 23.8. The molecular formula is C15H16ClNO4S. The molecule has 2 unspecified atom stereocenters. The number of carbonyl (C=O) groups excluding carboxylic acids is 1. The van der Waals surface area contributed by atoms with Crippen LogP contribution in [-0.4, -0.2) is 52.1 Å². The van der Waals surface area contributed by atoms with Crippen LogP contribution in [0.4, 0.5) is 0 Å². The maximum atomic E-state index is 12.7. The molecule has 1 fully saturated rings. The molecule has 2 aliphatic rings. The zero-order valence-electron chi connectivity index (χ0n) is 11.8. The van der Waals surface area contributed by atoms with E-state index in [0.717, 1.165) is 11.3 Å². The fourth-order valence-corrected chi connectivity index (χ4v) is 4.11. The van der Waals surface area contributed by atoms with Crippen LogP contribution in [0.2, 0.25) is 5.02 Å². The highest BCUT2D eigenvalue weighted by molar-refractivity contribution is 7.99. The number of halogens is 1. The molecule has 0 radical (unpaired) electrons. The fraction of sp³-hybridized carbons (Fsp3) is 0.467. The minimum Gasteiger partial charge on any atom is -0.481 e. The number of hydrogen-bond donors (Lipinski definition) is 1. The summed E-state index contributed by atoms with van der Waals surface area (Å²) in [6, 6.07) is 5.05. The molecule has 2 atom stereocenters. The number of carboxylic acids is 1. The summed E-state index contributed by atoms with van der Waals surface area (Å²) in [5.74, 6) is 1.16. The van der Waals surface area contributed by atoms with Gasteiger partial charge in [0.2, 0.25) is 0 Å². The van der Waals surface area contributed by atoms with Crippen molar-refractivity contribution in [2.24, 2.45) is 0 Å². The maximum Gasteiger partial charge on any atom is 0.305 e. The first-order valence-corrected chi connectivity index (χ1v) is 8.63. The van der Waals surface area contributed by atoms with Crippen LogP contribution in [0.15, 0.2) is 18.2 Å². The van der Waals surface area contributed by atoms with Gasteiger partial charge in [-0.15, -0.1) is 0 Å². The van der Waals surface area contributed by atoms with E-state index in [0.29, 0.717) is 29.5 Å². The highest BCUT2D eigenvalue weighted by Gasteiger charge is 2.37. The van der Waals surface area contributed by atoms with Crippen LogP contribution < -0.4 is 4.74 Å². The predicted octanol–water partition coefficient (Wildman–Crippen LogP) is 2.06. The van der Waals surface area contributed by atoms with Crippen LogP contribution in [0.25, 0.3) is 0 Å². The Labute approximate surface area is 137 Å². The maximum absolute atomic E-state index is 12.7. The molecule has 5 nitrogen and oxygen atoms in total. The first-order valence-electron chi connectivity index (χ1n) is 7.09. The number of hydrogen-bond acceptors (Lipinski definition) is 4. The first kappa shape index (κ1) is 15.5. The molecule has 2 heterocycles. The summed E-state index contributed by atoms with van der Waals surface area (Å²) in [5, 5.41) is 9.63. The highest BCUT2D eigenvalue weighted by atomic mass is 35.5. The number of thioether (sulfide) groups is 1. The Kier molecular flexibility index (Phi) is 4.49. The molecule has 1 aromatic carbocycles. The third kappa shape index (κ3) is 3.17. The van der Waals surface area contributed by atoms with Crippen molar-refractivity contribution in [3.63, 3.8) is 0 Å². The lowest BCUT2D eigenvalue weighted by Crippen LogP contribution is -2.51. The van der Waals surface area contributed by atoms with Crippen LogP contribution >= 0.6 is 23.4 Å². The van der Waals surface area contributed by atoms with Gasteiger partial charge >= 0.3 is 5.97 Å². The van der Waals surface area contributed by atoms with E-state index in [9.17, 15) is 9.59 Å². The highest BCUT2D eigenvalue weighted by Crippen LogP contribution is 2.32. The van der Waals surface area contributed by atoms with Crippen LogP contribution in [0, 0.1) is 0 Å². The van der Waals surface area contributed by atoms with E-state index in [1.165, 1.54) is 0 Å². The van der Waals surface area contributed by atoms with Gasteiger partial charge in [-0.3, -0.25) is 9.59 Å². The molecular weight excluding hydrogens is 326 g/mol. The minimum absolute atomic E-state index is 0.0236. The van der Waals surface area contributed by atoms with E-state index in [-0.39, 0.29) is 18.4 Å². The predicted molar refractivity (Wildman–Crippen MR) is 84.7 cm³/mol. The van der Waals surface area contributed by atoms with E-state index in [2.05, 4.69) is 0 Å². The summed E-state index contributed by atoms with van der Waals surface area (Å²) >= 11 is 7.64.